The average molecular weight is 377 g/mol. The van der Waals surface area contributed by atoms with Crippen molar-refractivity contribution in [3.63, 3.8) is 0 Å². The molecule has 0 aliphatic carbocycles. The Hall–Kier alpha value is -2.98. The maximum atomic E-state index is 11.9. The maximum absolute atomic E-state index is 11.9. The Bertz CT molecular complexity index is 882. The molecular formula is C18H17ClN2O5. The number of rotatable bonds is 6. The number of nitrogens with zero attached hydrogens (tertiary/aromatic N) is 1. The van der Waals surface area contributed by atoms with Gasteiger partial charge in [0.25, 0.3) is 5.91 Å². The van der Waals surface area contributed by atoms with Crippen LogP contribution in [0.4, 0.5) is 5.88 Å². The number of ether oxygens (including phenoxy) is 2. The predicted molar refractivity (Wildman–Crippen MR) is 94.2 cm³/mol. The standard InChI is InChI=1S/C18H17ClN2O5/c1-10-6-13(19)4-5-15(10)24-9-17(23)25-8-16(22)21-18-14(7-20)11(2)12(3)26-18/h4-6H,8-9H2,1-3H3,(H,21,22). The van der Waals surface area contributed by atoms with Crippen LogP contribution < -0.4 is 10.1 Å². The van der Waals surface area contributed by atoms with Crippen molar-refractivity contribution < 1.29 is 23.5 Å². The Kier molecular flexibility index (Phi) is 6.26. The van der Waals surface area contributed by atoms with Crippen molar-refractivity contribution in [2.45, 2.75) is 20.8 Å². The van der Waals surface area contributed by atoms with E-state index in [1.165, 1.54) is 0 Å². The number of amides is 1. The number of carbonyl (C=O) groups excluding carboxylic acids is 2. The number of halogens is 1. The molecule has 0 spiro atoms. The third kappa shape index (κ3) is 4.77. The summed E-state index contributed by atoms with van der Waals surface area (Å²) in [6.45, 7) is 4.31. The second-order valence-corrected chi connectivity index (χ2v) is 5.94. The molecule has 136 valence electrons. The Morgan fingerprint density at radius 3 is 2.65 bits per heavy atom. The van der Waals surface area contributed by atoms with E-state index in [4.69, 9.17) is 30.8 Å². The molecule has 1 N–H and O–H groups in total. The van der Waals surface area contributed by atoms with Crippen molar-refractivity contribution in [1.29, 1.82) is 5.26 Å². The number of aryl methyl sites for hydroxylation is 2. The van der Waals surface area contributed by atoms with Gasteiger partial charge in [0, 0.05) is 10.6 Å². The van der Waals surface area contributed by atoms with Gasteiger partial charge in [-0.25, -0.2) is 4.79 Å². The third-order valence-corrected chi connectivity index (χ3v) is 3.83. The van der Waals surface area contributed by atoms with Crippen LogP contribution in [0.2, 0.25) is 5.02 Å². The highest BCUT2D eigenvalue weighted by molar-refractivity contribution is 6.30. The number of benzene rings is 1. The van der Waals surface area contributed by atoms with E-state index in [1.807, 2.05) is 6.07 Å². The molecule has 0 bridgehead atoms. The first-order chi connectivity index (χ1) is 12.3. The molecule has 1 aromatic heterocycles. The molecule has 0 saturated heterocycles. The zero-order valence-electron chi connectivity index (χ0n) is 14.5. The lowest BCUT2D eigenvalue weighted by atomic mass is 10.2. The minimum absolute atomic E-state index is 0.0385. The van der Waals surface area contributed by atoms with Gasteiger partial charge in [-0.2, -0.15) is 5.26 Å². The molecule has 26 heavy (non-hydrogen) atoms. The topological polar surface area (TPSA) is 102 Å². The monoisotopic (exact) mass is 376 g/mol. The number of esters is 1. The minimum Gasteiger partial charge on any atom is -0.482 e. The van der Waals surface area contributed by atoms with E-state index >= 15 is 0 Å². The van der Waals surface area contributed by atoms with E-state index < -0.39 is 18.5 Å². The summed E-state index contributed by atoms with van der Waals surface area (Å²) in [5.41, 5.74) is 1.66. The van der Waals surface area contributed by atoms with Gasteiger partial charge >= 0.3 is 5.97 Å². The van der Waals surface area contributed by atoms with Crippen LogP contribution in [0.1, 0.15) is 22.5 Å². The van der Waals surface area contributed by atoms with E-state index in [0.717, 1.165) is 5.56 Å². The lowest BCUT2D eigenvalue weighted by Gasteiger charge is -2.09. The van der Waals surface area contributed by atoms with Crippen molar-refractivity contribution in [3.05, 3.63) is 45.7 Å². The largest absolute Gasteiger partial charge is 0.482 e. The first-order valence-electron chi connectivity index (χ1n) is 7.66. The molecule has 1 amide bonds. The second-order valence-electron chi connectivity index (χ2n) is 5.51. The summed E-state index contributed by atoms with van der Waals surface area (Å²) in [7, 11) is 0. The smallest absolute Gasteiger partial charge is 0.344 e. The highest BCUT2D eigenvalue weighted by Crippen LogP contribution is 2.25. The van der Waals surface area contributed by atoms with Crippen molar-refractivity contribution in [2.24, 2.45) is 0 Å². The Balaban J connectivity index is 1.83. The van der Waals surface area contributed by atoms with Crippen LogP contribution in [0.5, 0.6) is 5.75 Å². The number of nitrogens with one attached hydrogen (secondary N) is 1. The third-order valence-electron chi connectivity index (χ3n) is 3.60. The molecule has 0 radical (unpaired) electrons. The van der Waals surface area contributed by atoms with Gasteiger partial charge in [-0.15, -0.1) is 0 Å². The first kappa shape index (κ1) is 19.3. The molecule has 2 aromatic rings. The molecule has 0 atom stereocenters. The number of hydrogen-bond donors (Lipinski definition) is 1. The van der Waals surface area contributed by atoms with Gasteiger partial charge in [0.15, 0.2) is 13.2 Å². The lowest BCUT2D eigenvalue weighted by Crippen LogP contribution is -2.23. The highest BCUT2D eigenvalue weighted by Gasteiger charge is 2.17. The minimum atomic E-state index is -0.707. The van der Waals surface area contributed by atoms with Gasteiger partial charge in [0.2, 0.25) is 5.88 Å². The fraction of sp³-hybridized carbons (Fsp3) is 0.278. The number of furan rings is 1. The van der Waals surface area contributed by atoms with Crippen LogP contribution in [0.15, 0.2) is 22.6 Å². The van der Waals surface area contributed by atoms with Crippen LogP contribution in [0.25, 0.3) is 0 Å². The van der Waals surface area contributed by atoms with Crippen LogP contribution in [0, 0.1) is 32.1 Å². The van der Waals surface area contributed by atoms with E-state index in [1.54, 1.807) is 39.0 Å². The molecule has 0 fully saturated rings. The number of anilines is 1. The van der Waals surface area contributed by atoms with Gasteiger partial charge < -0.3 is 13.9 Å². The molecule has 0 saturated carbocycles. The number of hydrogen-bond acceptors (Lipinski definition) is 6. The van der Waals surface area contributed by atoms with Crippen molar-refractivity contribution in [3.8, 4) is 11.8 Å². The van der Waals surface area contributed by atoms with Crippen molar-refractivity contribution >= 4 is 29.4 Å². The van der Waals surface area contributed by atoms with Gasteiger partial charge in [-0.1, -0.05) is 11.6 Å². The van der Waals surface area contributed by atoms with Crippen LogP contribution in [-0.4, -0.2) is 25.1 Å². The van der Waals surface area contributed by atoms with Crippen molar-refractivity contribution in [2.75, 3.05) is 18.5 Å². The summed E-state index contributed by atoms with van der Waals surface area (Å²) in [6, 6.07) is 6.94. The second kappa shape index (κ2) is 8.41. The van der Waals surface area contributed by atoms with Gasteiger partial charge in [0.1, 0.15) is 23.1 Å². The van der Waals surface area contributed by atoms with Gasteiger partial charge in [-0.3, -0.25) is 10.1 Å². The predicted octanol–water partition coefficient (Wildman–Crippen LogP) is 3.29. The maximum Gasteiger partial charge on any atom is 0.344 e. The fourth-order valence-electron chi connectivity index (χ4n) is 2.11. The van der Waals surface area contributed by atoms with Crippen LogP contribution in [-0.2, 0) is 14.3 Å². The number of nitriles is 1. The quantitative estimate of drug-likeness (QED) is 0.776. The summed E-state index contributed by atoms with van der Waals surface area (Å²) in [5.74, 6) is -0.263. The molecule has 0 aliphatic rings. The lowest BCUT2D eigenvalue weighted by molar-refractivity contribution is -0.149. The zero-order valence-corrected chi connectivity index (χ0v) is 15.3. The Morgan fingerprint density at radius 1 is 1.27 bits per heavy atom. The molecule has 8 heteroatoms. The zero-order chi connectivity index (χ0) is 19.3. The van der Waals surface area contributed by atoms with E-state index in [9.17, 15) is 9.59 Å². The molecule has 7 nitrogen and oxygen atoms in total. The Morgan fingerprint density at radius 2 is 2.00 bits per heavy atom. The summed E-state index contributed by atoms with van der Waals surface area (Å²) < 4.78 is 15.5. The van der Waals surface area contributed by atoms with E-state index in [2.05, 4.69) is 5.32 Å². The van der Waals surface area contributed by atoms with Gasteiger partial charge in [-0.05, 0) is 44.5 Å². The number of carbonyl (C=O) groups is 2. The molecule has 0 unspecified atom stereocenters. The Labute approximate surface area is 155 Å². The van der Waals surface area contributed by atoms with Crippen molar-refractivity contribution in [1.82, 2.24) is 0 Å². The van der Waals surface area contributed by atoms with Gasteiger partial charge in [0.05, 0.1) is 0 Å². The summed E-state index contributed by atoms with van der Waals surface area (Å²) in [6.07, 6.45) is 0. The SMILES string of the molecule is Cc1cc(Cl)ccc1OCC(=O)OCC(=O)Nc1oc(C)c(C)c1C#N. The molecule has 1 heterocycles. The molecular weight excluding hydrogens is 360 g/mol. The summed E-state index contributed by atoms with van der Waals surface area (Å²) in [5, 5.41) is 12.1. The molecule has 1 aromatic carbocycles. The normalized spacial score (nSPS) is 10.1. The van der Waals surface area contributed by atoms with Crippen LogP contribution >= 0.6 is 11.6 Å². The summed E-state index contributed by atoms with van der Waals surface area (Å²) >= 11 is 5.84. The fourth-order valence-corrected chi connectivity index (χ4v) is 2.34. The molecule has 2 rings (SSSR count). The highest BCUT2D eigenvalue weighted by atomic mass is 35.5. The van der Waals surface area contributed by atoms with Crippen LogP contribution in [0.3, 0.4) is 0 Å². The summed E-state index contributed by atoms with van der Waals surface area (Å²) in [4.78, 5) is 23.6. The molecule has 0 aliphatic heterocycles. The first-order valence-corrected chi connectivity index (χ1v) is 8.04. The average Bonchev–Trinajstić information content (AvgIpc) is 2.85. The van der Waals surface area contributed by atoms with E-state index in [0.29, 0.717) is 22.1 Å². The van der Waals surface area contributed by atoms with E-state index in [-0.39, 0.29) is 18.1 Å².